The van der Waals surface area contributed by atoms with E-state index in [0.717, 1.165) is 12.0 Å². The minimum atomic E-state index is -0.259. The van der Waals surface area contributed by atoms with Crippen molar-refractivity contribution in [1.29, 1.82) is 5.26 Å². The molecule has 0 radical (unpaired) electrons. The molecule has 0 saturated carbocycles. The summed E-state index contributed by atoms with van der Waals surface area (Å²) in [6, 6.07) is 20.8. The Morgan fingerprint density at radius 2 is 1.78 bits per heavy atom. The molecule has 2 aromatic carbocycles. The van der Waals surface area contributed by atoms with E-state index in [9.17, 15) is 10.1 Å². The highest BCUT2D eigenvalue weighted by Crippen LogP contribution is 2.46. The number of hydrogen-bond donors (Lipinski definition) is 0. The number of benzene rings is 2. The molecular weight excluding hydrogens is 286 g/mol. The van der Waals surface area contributed by atoms with Gasteiger partial charge < -0.3 is 4.74 Å². The highest BCUT2D eigenvalue weighted by molar-refractivity contribution is 5.70. The Balaban J connectivity index is 2.04. The van der Waals surface area contributed by atoms with Gasteiger partial charge in [-0.25, -0.2) is 0 Å². The second-order valence-corrected chi connectivity index (χ2v) is 5.97. The van der Waals surface area contributed by atoms with Crippen molar-refractivity contribution in [1.82, 2.24) is 0 Å². The number of carbonyl (C=O) groups is 1. The Morgan fingerprint density at radius 1 is 1.13 bits per heavy atom. The van der Waals surface area contributed by atoms with Gasteiger partial charge in [0.25, 0.3) is 0 Å². The third-order valence-corrected chi connectivity index (χ3v) is 4.71. The monoisotopic (exact) mass is 305 g/mol. The Bertz CT molecular complexity index is 733. The highest BCUT2D eigenvalue weighted by Gasteiger charge is 2.36. The summed E-state index contributed by atoms with van der Waals surface area (Å²) in [5, 5.41) is 9.65. The third-order valence-electron chi connectivity index (χ3n) is 4.71. The van der Waals surface area contributed by atoms with Gasteiger partial charge >= 0.3 is 5.97 Å². The number of fused-ring (bicyclic) bond motifs is 1. The molecule has 0 spiro atoms. The number of methoxy groups -OCH3 is 1. The van der Waals surface area contributed by atoms with Gasteiger partial charge in [0.2, 0.25) is 0 Å². The molecule has 1 aliphatic rings. The lowest BCUT2D eigenvalue weighted by atomic mass is 9.68. The lowest BCUT2D eigenvalue weighted by molar-refractivity contribution is -0.141. The van der Waals surface area contributed by atoms with E-state index in [1.165, 1.54) is 18.2 Å². The molecule has 0 heterocycles. The van der Waals surface area contributed by atoms with E-state index in [4.69, 9.17) is 4.74 Å². The average molecular weight is 305 g/mol. The predicted octanol–water partition coefficient (Wildman–Crippen LogP) is 4.01. The predicted molar refractivity (Wildman–Crippen MR) is 87.8 cm³/mol. The number of carbonyl (C=O) groups excluding carboxylic acids is 1. The smallest absolute Gasteiger partial charge is 0.305 e. The first-order valence-corrected chi connectivity index (χ1v) is 7.84. The number of hydrogen-bond acceptors (Lipinski definition) is 3. The van der Waals surface area contributed by atoms with Crippen molar-refractivity contribution in [3.63, 3.8) is 0 Å². The minimum Gasteiger partial charge on any atom is -0.469 e. The second kappa shape index (κ2) is 6.66. The molecule has 3 atom stereocenters. The van der Waals surface area contributed by atoms with E-state index in [1.54, 1.807) is 0 Å². The van der Waals surface area contributed by atoms with Crippen molar-refractivity contribution < 1.29 is 9.53 Å². The molecule has 0 aromatic heterocycles. The van der Waals surface area contributed by atoms with Crippen molar-refractivity contribution in [2.45, 2.75) is 24.7 Å². The van der Waals surface area contributed by atoms with Crippen LogP contribution in [0.5, 0.6) is 0 Å². The summed E-state index contributed by atoms with van der Waals surface area (Å²) in [6.07, 6.45) is 1.07. The van der Waals surface area contributed by atoms with Crippen molar-refractivity contribution in [3.8, 4) is 6.07 Å². The third kappa shape index (κ3) is 2.98. The average Bonchev–Trinajstić information content (AvgIpc) is 2.61. The van der Waals surface area contributed by atoms with Gasteiger partial charge in [0.15, 0.2) is 0 Å². The summed E-state index contributed by atoms with van der Waals surface area (Å²) < 4.78 is 4.83. The van der Waals surface area contributed by atoms with Gasteiger partial charge in [-0.3, -0.25) is 4.79 Å². The maximum Gasteiger partial charge on any atom is 0.305 e. The minimum absolute atomic E-state index is 0.0208. The van der Waals surface area contributed by atoms with E-state index >= 15 is 0 Å². The van der Waals surface area contributed by atoms with Crippen LogP contribution in [-0.2, 0) is 9.53 Å². The molecule has 0 amide bonds. The molecule has 23 heavy (non-hydrogen) atoms. The number of nitrogens with zero attached hydrogens (tertiary/aromatic N) is 1. The number of esters is 1. The molecule has 0 saturated heterocycles. The largest absolute Gasteiger partial charge is 0.469 e. The van der Waals surface area contributed by atoms with Crippen LogP contribution >= 0.6 is 0 Å². The molecule has 0 aliphatic heterocycles. The fourth-order valence-corrected chi connectivity index (χ4v) is 3.61. The molecular formula is C20H19NO2. The molecule has 1 aliphatic carbocycles. The Kier molecular flexibility index (Phi) is 4.43. The van der Waals surface area contributed by atoms with Gasteiger partial charge in [0.1, 0.15) is 0 Å². The zero-order valence-corrected chi connectivity index (χ0v) is 13.1. The lowest BCUT2D eigenvalue weighted by Gasteiger charge is -2.35. The Morgan fingerprint density at radius 3 is 2.43 bits per heavy atom. The van der Waals surface area contributed by atoms with E-state index in [-0.39, 0.29) is 30.1 Å². The molecule has 3 heteroatoms. The molecule has 0 N–H and O–H groups in total. The standard InChI is InChI=1S/C20H19NO2/c1-23-20(22)12-15-11-18(14-7-3-2-4-8-14)16-9-5-6-10-17(16)19(15)13-21/h2-10,15,18-19H,11-12H2,1H3/t15-,18+,19-/m1/s1. The first-order chi connectivity index (χ1) is 11.2. The summed E-state index contributed by atoms with van der Waals surface area (Å²) in [5.74, 6) is -0.314. The van der Waals surface area contributed by atoms with Crippen LogP contribution in [0.1, 0.15) is 41.4 Å². The number of ether oxygens (including phenoxy) is 1. The second-order valence-electron chi connectivity index (χ2n) is 5.97. The van der Waals surface area contributed by atoms with Crippen LogP contribution in [0.4, 0.5) is 0 Å². The van der Waals surface area contributed by atoms with Crippen molar-refractivity contribution in [2.24, 2.45) is 5.92 Å². The van der Waals surface area contributed by atoms with Crippen molar-refractivity contribution in [3.05, 3.63) is 71.3 Å². The van der Waals surface area contributed by atoms with Crippen LogP contribution in [0.3, 0.4) is 0 Å². The van der Waals surface area contributed by atoms with Gasteiger partial charge in [-0.05, 0) is 29.0 Å². The first-order valence-electron chi connectivity index (χ1n) is 7.84. The highest BCUT2D eigenvalue weighted by atomic mass is 16.5. The molecule has 0 unspecified atom stereocenters. The van der Waals surface area contributed by atoms with E-state index in [1.807, 2.05) is 36.4 Å². The fraction of sp³-hybridized carbons (Fsp3) is 0.300. The van der Waals surface area contributed by atoms with Crippen LogP contribution < -0.4 is 0 Å². The Labute approximate surface area is 136 Å². The molecule has 116 valence electrons. The number of rotatable bonds is 3. The summed E-state index contributed by atoms with van der Waals surface area (Å²) in [5.41, 5.74) is 3.47. The van der Waals surface area contributed by atoms with E-state index in [0.29, 0.717) is 0 Å². The maximum atomic E-state index is 11.8. The zero-order valence-electron chi connectivity index (χ0n) is 13.1. The summed E-state index contributed by atoms with van der Waals surface area (Å²) in [7, 11) is 1.40. The lowest BCUT2D eigenvalue weighted by Crippen LogP contribution is -2.26. The molecule has 2 aromatic rings. The quantitative estimate of drug-likeness (QED) is 0.805. The van der Waals surface area contributed by atoms with Gasteiger partial charge in [0.05, 0.1) is 19.1 Å². The number of nitriles is 1. The van der Waals surface area contributed by atoms with Gasteiger partial charge in [-0.2, -0.15) is 5.26 Å². The molecule has 3 nitrogen and oxygen atoms in total. The van der Waals surface area contributed by atoms with E-state index in [2.05, 4.69) is 24.3 Å². The van der Waals surface area contributed by atoms with Crippen LogP contribution in [0.25, 0.3) is 0 Å². The van der Waals surface area contributed by atoms with Crippen LogP contribution in [0, 0.1) is 17.2 Å². The fourth-order valence-electron chi connectivity index (χ4n) is 3.61. The van der Waals surface area contributed by atoms with Gasteiger partial charge in [0, 0.05) is 12.3 Å². The van der Waals surface area contributed by atoms with Crippen LogP contribution in [-0.4, -0.2) is 13.1 Å². The molecule has 0 fully saturated rings. The van der Waals surface area contributed by atoms with Gasteiger partial charge in [-0.15, -0.1) is 0 Å². The SMILES string of the molecule is COC(=O)C[C@H]1C[C@@H](c2ccccc2)c2ccccc2[C@@H]1C#N. The van der Waals surface area contributed by atoms with Gasteiger partial charge in [-0.1, -0.05) is 54.6 Å². The summed E-state index contributed by atoms with van der Waals surface area (Å²) >= 11 is 0. The zero-order chi connectivity index (χ0) is 16.2. The van der Waals surface area contributed by atoms with Crippen molar-refractivity contribution in [2.75, 3.05) is 7.11 Å². The normalized spacial score (nSPS) is 22.7. The van der Waals surface area contributed by atoms with Crippen LogP contribution in [0.2, 0.25) is 0 Å². The maximum absolute atomic E-state index is 11.8. The molecule has 0 bridgehead atoms. The van der Waals surface area contributed by atoms with Crippen molar-refractivity contribution >= 4 is 5.97 Å². The van der Waals surface area contributed by atoms with Crippen LogP contribution in [0.15, 0.2) is 54.6 Å². The Hall–Kier alpha value is -2.60. The summed E-state index contributed by atoms with van der Waals surface area (Å²) in [6.45, 7) is 0. The molecule has 3 rings (SSSR count). The summed E-state index contributed by atoms with van der Waals surface area (Å²) in [4.78, 5) is 11.8. The first kappa shape index (κ1) is 15.3. The topological polar surface area (TPSA) is 50.1 Å². The van der Waals surface area contributed by atoms with E-state index < -0.39 is 0 Å².